The molecular weight excluding hydrogens is 316 g/mol. The molecule has 1 aromatic heterocycles. The molecule has 1 aliphatic rings. The zero-order valence-electron chi connectivity index (χ0n) is 14.3. The minimum absolute atomic E-state index is 0.00687. The molecule has 25 heavy (non-hydrogen) atoms. The summed E-state index contributed by atoms with van der Waals surface area (Å²) in [4.78, 5) is 29.7. The Kier molecular flexibility index (Phi) is 5.12. The van der Waals surface area contributed by atoms with Gasteiger partial charge in [0.25, 0.3) is 0 Å². The summed E-state index contributed by atoms with van der Waals surface area (Å²) in [6.07, 6.45) is 5.22. The van der Waals surface area contributed by atoms with Gasteiger partial charge in [0.2, 0.25) is 5.91 Å². The summed E-state index contributed by atoms with van der Waals surface area (Å²) in [6, 6.07) is 11.8. The van der Waals surface area contributed by atoms with Crippen molar-refractivity contribution in [2.45, 2.75) is 32.2 Å². The number of likely N-dealkylation sites (tertiary alicyclic amines) is 1. The maximum absolute atomic E-state index is 12.6. The highest BCUT2D eigenvalue weighted by Gasteiger charge is 2.32. The van der Waals surface area contributed by atoms with Crippen LogP contribution in [0.3, 0.4) is 0 Å². The van der Waals surface area contributed by atoms with Crippen molar-refractivity contribution < 1.29 is 14.7 Å². The Morgan fingerprint density at radius 1 is 1.16 bits per heavy atom. The van der Waals surface area contributed by atoms with Gasteiger partial charge in [-0.3, -0.25) is 14.6 Å². The number of nitrogens with zero attached hydrogens (tertiary/aromatic N) is 2. The van der Waals surface area contributed by atoms with Crippen molar-refractivity contribution in [3.8, 4) is 11.1 Å². The van der Waals surface area contributed by atoms with Gasteiger partial charge in [-0.05, 0) is 42.5 Å². The smallest absolute Gasteiger partial charge is 0.308 e. The molecule has 0 spiro atoms. The number of benzene rings is 1. The van der Waals surface area contributed by atoms with E-state index in [-0.39, 0.29) is 11.9 Å². The maximum Gasteiger partial charge on any atom is 0.308 e. The van der Waals surface area contributed by atoms with Crippen LogP contribution in [0.2, 0.25) is 0 Å². The first-order chi connectivity index (χ1) is 12.0. The number of aliphatic carboxylic acids is 1. The molecule has 0 unspecified atom stereocenters. The molecule has 130 valence electrons. The highest BCUT2D eigenvalue weighted by molar-refractivity contribution is 5.80. The molecule has 2 atom stereocenters. The molecular formula is C20H22N2O3. The lowest BCUT2D eigenvalue weighted by Gasteiger charge is -2.36. The molecule has 1 saturated heterocycles. The molecule has 0 aliphatic carbocycles. The summed E-state index contributed by atoms with van der Waals surface area (Å²) in [5.74, 6) is -1.27. The molecule has 0 saturated carbocycles. The lowest BCUT2D eigenvalue weighted by Crippen LogP contribution is -2.47. The Morgan fingerprint density at radius 2 is 1.92 bits per heavy atom. The van der Waals surface area contributed by atoms with Gasteiger partial charge in [-0.15, -0.1) is 0 Å². The maximum atomic E-state index is 12.6. The van der Waals surface area contributed by atoms with Crippen LogP contribution in [-0.4, -0.2) is 39.5 Å². The summed E-state index contributed by atoms with van der Waals surface area (Å²) < 4.78 is 0. The predicted molar refractivity (Wildman–Crippen MR) is 94.9 cm³/mol. The highest BCUT2D eigenvalue weighted by atomic mass is 16.4. The lowest BCUT2D eigenvalue weighted by molar-refractivity contribution is -0.146. The highest BCUT2D eigenvalue weighted by Crippen LogP contribution is 2.24. The third-order valence-electron chi connectivity index (χ3n) is 4.86. The Balaban J connectivity index is 1.67. The third-order valence-corrected chi connectivity index (χ3v) is 4.86. The second kappa shape index (κ2) is 7.47. The normalized spacial score (nSPS) is 20.3. The van der Waals surface area contributed by atoms with E-state index in [1.807, 2.05) is 49.5 Å². The van der Waals surface area contributed by atoms with Gasteiger partial charge in [0.1, 0.15) is 0 Å². The SMILES string of the molecule is C[C@@H]1CC[C@H](C(=O)O)CN1C(=O)Cc1ccc(-c2cccnc2)cc1. The van der Waals surface area contributed by atoms with Gasteiger partial charge in [-0.1, -0.05) is 30.3 Å². The van der Waals surface area contributed by atoms with Crippen molar-refractivity contribution in [2.75, 3.05) is 6.54 Å². The van der Waals surface area contributed by atoms with E-state index in [0.29, 0.717) is 19.4 Å². The van der Waals surface area contributed by atoms with Crippen LogP contribution in [0.5, 0.6) is 0 Å². The second-order valence-electron chi connectivity index (χ2n) is 6.62. The molecule has 1 aliphatic heterocycles. The Bertz CT molecular complexity index is 743. The van der Waals surface area contributed by atoms with E-state index in [9.17, 15) is 14.7 Å². The number of hydrogen-bond acceptors (Lipinski definition) is 3. The van der Waals surface area contributed by atoms with E-state index in [1.165, 1.54) is 0 Å². The first-order valence-electron chi connectivity index (χ1n) is 8.56. The van der Waals surface area contributed by atoms with Crippen LogP contribution < -0.4 is 0 Å². The van der Waals surface area contributed by atoms with Crippen LogP contribution in [0.4, 0.5) is 0 Å². The van der Waals surface area contributed by atoms with Crippen LogP contribution in [0.15, 0.2) is 48.8 Å². The molecule has 1 fully saturated rings. The van der Waals surface area contributed by atoms with Crippen LogP contribution in [0, 0.1) is 5.92 Å². The minimum atomic E-state index is -0.814. The Labute approximate surface area is 147 Å². The molecule has 5 heteroatoms. The van der Waals surface area contributed by atoms with Gasteiger partial charge in [0.15, 0.2) is 0 Å². The molecule has 0 radical (unpaired) electrons. The van der Waals surface area contributed by atoms with Crippen molar-refractivity contribution in [1.29, 1.82) is 0 Å². The van der Waals surface area contributed by atoms with Gasteiger partial charge >= 0.3 is 5.97 Å². The van der Waals surface area contributed by atoms with Crippen molar-refractivity contribution in [2.24, 2.45) is 5.92 Å². The summed E-state index contributed by atoms with van der Waals surface area (Å²) >= 11 is 0. The van der Waals surface area contributed by atoms with Gasteiger partial charge in [-0.2, -0.15) is 0 Å². The molecule has 3 rings (SSSR count). The third kappa shape index (κ3) is 4.05. The number of carbonyl (C=O) groups excluding carboxylic acids is 1. The number of aromatic nitrogens is 1. The minimum Gasteiger partial charge on any atom is -0.481 e. The van der Waals surface area contributed by atoms with E-state index in [4.69, 9.17) is 0 Å². The number of carboxylic acid groups (broad SMARTS) is 1. The topological polar surface area (TPSA) is 70.5 Å². The molecule has 1 aromatic carbocycles. The van der Waals surface area contributed by atoms with E-state index in [1.54, 1.807) is 11.1 Å². The molecule has 5 nitrogen and oxygen atoms in total. The number of amides is 1. The van der Waals surface area contributed by atoms with Crippen LogP contribution in [0.1, 0.15) is 25.3 Å². The van der Waals surface area contributed by atoms with Gasteiger partial charge in [0.05, 0.1) is 12.3 Å². The quantitative estimate of drug-likeness (QED) is 0.930. The summed E-state index contributed by atoms with van der Waals surface area (Å²) in [5, 5.41) is 9.21. The van der Waals surface area contributed by atoms with Crippen molar-refractivity contribution in [3.63, 3.8) is 0 Å². The van der Waals surface area contributed by atoms with Crippen LogP contribution in [0.25, 0.3) is 11.1 Å². The zero-order valence-corrected chi connectivity index (χ0v) is 14.3. The number of hydrogen-bond donors (Lipinski definition) is 1. The Morgan fingerprint density at radius 3 is 2.56 bits per heavy atom. The number of pyridine rings is 1. The van der Waals surface area contributed by atoms with Gasteiger partial charge < -0.3 is 10.0 Å². The van der Waals surface area contributed by atoms with E-state index in [2.05, 4.69) is 4.98 Å². The number of carboxylic acids is 1. The fourth-order valence-electron chi connectivity index (χ4n) is 3.28. The lowest BCUT2D eigenvalue weighted by atomic mass is 9.93. The van der Waals surface area contributed by atoms with Gasteiger partial charge in [0, 0.05) is 25.0 Å². The number of piperidine rings is 1. The first kappa shape index (κ1) is 17.1. The zero-order chi connectivity index (χ0) is 17.8. The van der Waals surface area contributed by atoms with E-state index in [0.717, 1.165) is 23.1 Å². The molecule has 1 amide bonds. The average Bonchev–Trinajstić information content (AvgIpc) is 2.63. The summed E-state index contributed by atoms with van der Waals surface area (Å²) in [7, 11) is 0. The predicted octanol–water partition coefficient (Wildman–Crippen LogP) is 3.00. The summed E-state index contributed by atoms with van der Waals surface area (Å²) in [5.41, 5.74) is 3.03. The fraction of sp³-hybridized carbons (Fsp3) is 0.350. The van der Waals surface area contributed by atoms with Crippen LogP contribution in [-0.2, 0) is 16.0 Å². The van der Waals surface area contributed by atoms with Crippen molar-refractivity contribution >= 4 is 11.9 Å². The largest absolute Gasteiger partial charge is 0.481 e. The van der Waals surface area contributed by atoms with Crippen molar-refractivity contribution in [1.82, 2.24) is 9.88 Å². The second-order valence-corrected chi connectivity index (χ2v) is 6.62. The monoisotopic (exact) mass is 338 g/mol. The van der Waals surface area contributed by atoms with Crippen molar-refractivity contribution in [3.05, 3.63) is 54.4 Å². The van der Waals surface area contributed by atoms with Gasteiger partial charge in [-0.25, -0.2) is 0 Å². The standard InChI is InChI=1S/C20H22N2O3/c1-14-4-7-18(20(24)25)13-22(14)19(23)11-15-5-8-16(9-6-15)17-3-2-10-21-12-17/h2-3,5-6,8-10,12,14,18H,4,7,11,13H2,1H3,(H,24,25)/t14-,18+/m1/s1. The average molecular weight is 338 g/mol. The first-order valence-corrected chi connectivity index (χ1v) is 8.56. The Hall–Kier alpha value is -2.69. The van der Waals surface area contributed by atoms with Crippen LogP contribution >= 0.6 is 0 Å². The van der Waals surface area contributed by atoms with E-state index < -0.39 is 11.9 Å². The fourth-order valence-corrected chi connectivity index (χ4v) is 3.28. The molecule has 2 heterocycles. The molecule has 1 N–H and O–H groups in total. The molecule has 2 aromatic rings. The number of carbonyl (C=O) groups is 2. The summed E-state index contributed by atoms with van der Waals surface area (Å²) in [6.45, 7) is 2.30. The number of rotatable bonds is 4. The molecule has 0 bridgehead atoms. The van der Waals surface area contributed by atoms with E-state index >= 15 is 0 Å².